The Labute approximate surface area is 119 Å². The van der Waals surface area contributed by atoms with Gasteiger partial charge in [-0.05, 0) is 37.8 Å². The number of nitrogens with one attached hydrogen (secondary N) is 1. The zero-order chi connectivity index (χ0) is 14.6. The lowest BCUT2D eigenvalue weighted by atomic mass is 9.80. The summed E-state index contributed by atoms with van der Waals surface area (Å²) in [5.41, 5.74) is 1.04. The van der Waals surface area contributed by atoms with Crippen molar-refractivity contribution in [3.63, 3.8) is 0 Å². The van der Waals surface area contributed by atoms with Gasteiger partial charge in [-0.25, -0.2) is 8.78 Å². The molecule has 1 aliphatic carbocycles. The Kier molecular flexibility index (Phi) is 5.13. The summed E-state index contributed by atoms with van der Waals surface area (Å²) < 4.78 is 28.4. The molecule has 1 heterocycles. The summed E-state index contributed by atoms with van der Waals surface area (Å²) in [4.78, 5) is 0. The summed E-state index contributed by atoms with van der Waals surface area (Å²) in [5, 5.41) is 7.94. The van der Waals surface area contributed by atoms with Crippen LogP contribution in [0.15, 0.2) is 12.3 Å². The standard InChI is InChI=1S/C15H25F2N3/c1-3-9-18-14(11-13-6-10-20(2)19-13)12-4-7-15(16,17)8-5-12/h6,10,12,14,18H,3-5,7-9,11H2,1-2H3. The van der Waals surface area contributed by atoms with E-state index in [2.05, 4.69) is 17.3 Å². The number of nitrogens with zero attached hydrogens (tertiary/aromatic N) is 2. The van der Waals surface area contributed by atoms with Gasteiger partial charge in [0.25, 0.3) is 0 Å². The topological polar surface area (TPSA) is 29.9 Å². The first-order valence-corrected chi connectivity index (χ1v) is 7.60. The van der Waals surface area contributed by atoms with Crippen molar-refractivity contribution >= 4 is 0 Å². The van der Waals surface area contributed by atoms with Gasteiger partial charge in [0.15, 0.2) is 0 Å². The van der Waals surface area contributed by atoms with Gasteiger partial charge in [-0.2, -0.15) is 5.10 Å². The number of hydrogen-bond acceptors (Lipinski definition) is 2. The van der Waals surface area contributed by atoms with Crippen LogP contribution in [0, 0.1) is 5.92 Å². The number of aryl methyl sites for hydroxylation is 1. The average molecular weight is 285 g/mol. The van der Waals surface area contributed by atoms with E-state index >= 15 is 0 Å². The lowest BCUT2D eigenvalue weighted by Crippen LogP contribution is -2.41. The predicted molar refractivity (Wildman–Crippen MR) is 75.9 cm³/mol. The molecule has 1 fully saturated rings. The quantitative estimate of drug-likeness (QED) is 0.870. The molecule has 0 spiro atoms. The van der Waals surface area contributed by atoms with Crippen LogP contribution < -0.4 is 5.32 Å². The Bertz CT molecular complexity index is 407. The summed E-state index contributed by atoms with van der Waals surface area (Å²) in [7, 11) is 1.90. The van der Waals surface area contributed by atoms with Crippen molar-refractivity contribution in [1.29, 1.82) is 0 Å². The number of hydrogen-bond donors (Lipinski definition) is 1. The molecule has 0 aromatic carbocycles. The van der Waals surface area contributed by atoms with Crippen LogP contribution in [0.4, 0.5) is 8.78 Å². The molecule has 5 heteroatoms. The van der Waals surface area contributed by atoms with Gasteiger partial charge in [0.2, 0.25) is 5.92 Å². The van der Waals surface area contributed by atoms with Gasteiger partial charge < -0.3 is 5.32 Å². The Morgan fingerprint density at radius 3 is 2.70 bits per heavy atom. The lowest BCUT2D eigenvalue weighted by Gasteiger charge is -2.34. The SMILES string of the molecule is CCCNC(Cc1ccn(C)n1)C1CCC(F)(F)CC1. The molecule has 3 nitrogen and oxygen atoms in total. The smallest absolute Gasteiger partial charge is 0.248 e. The highest BCUT2D eigenvalue weighted by atomic mass is 19.3. The molecular formula is C15H25F2N3. The summed E-state index contributed by atoms with van der Waals surface area (Å²) in [6, 6.07) is 2.28. The van der Waals surface area contributed by atoms with Gasteiger partial charge in [0, 0.05) is 38.5 Å². The Hall–Kier alpha value is -0.970. The van der Waals surface area contributed by atoms with E-state index < -0.39 is 5.92 Å². The minimum absolute atomic E-state index is 0.0319. The molecule has 1 aromatic rings. The third-order valence-corrected chi connectivity index (χ3v) is 4.19. The van der Waals surface area contributed by atoms with Crippen LogP contribution >= 0.6 is 0 Å². The molecular weight excluding hydrogens is 260 g/mol. The second-order valence-corrected chi connectivity index (χ2v) is 5.94. The molecule has 1 N–H and O–H groups in total. The molecule has 20 heavy (non-hydrogen) atoms. The van der Waals surface area contributed by atoms with E-state index in [1.807, 2.05) is 19.3 Å². The molecule has 0 amide bonds. The summed E-state index contributed by atoms with van der Waals surface area (Å²) in [6.45, 7) is 3.06. The van der Waals surface area contributed by atoms with Crippen LogP contribution in [0.3, 0.4) is 0 Å². The Morgan fingerprint density at radius 1 is 1.45 bits per heavy atom. The molecule has 114 valence electrons. The minimum atomic E-state index is -2.45. The summed E-state index contributed by atoms with van der Waals surface area (Å²) >= 11 is 0. The van der Waals surface area contributed by atoms with Crippen LogP contribution in [0.25, 0.3) is 0 Å². The van der Waals surface area contributed by atoms with E-state index in [-0.39, 0.29) is 18.9 Å². The van der Waals surface area contributed by atoms with Crippen LogP contribution in [0.5, 0.6) is 0 Å². The highest BCUT2D eigenvalue weighted by Gasteiger charge is 2.37. The maximum Gasteiger partial charge on any atom is 0.248 e. The highest BCUT2D eigenvalue weighted by Crippen LogP contribution is 2.37. The predicted octanol–water partition coefficient (Wildman–Crippen LogP) is 3.16. The number of aromatic nitrogens is 2. The van der Waals surface area contributed by atoms with Crippen molar-refractivity contribution in [2.45, 2.75) is 57.4 Å². The fourth-order valence-electron chi connectivity index (χ4n) is 3.00. The van der Waals surface area contributed by atoms with E-state index in [9.17, 15) is 8.78 Å². The fourth-order valence-corrected chi connectivity index (χ4v) is 3.00. The zero-order valence-corrected chi connectivity index (χ0v) is 12.4. The third kappa shape index (κ3) is 4.27. The lowest BCUT2D eigenvalue weighted by molar-refractivity contribution is -0.0495. The first kappa shape index (κ1) is 15.4. The number of rotatable bonds is 6. The molecule has 1 atom stereocenters. The number of halogens is 2. The normalized spacial score (nSPS) is 21.0. The number of alkyl halides is 2. The monoisotopic (exact) mass is 285 g/mol. The van der Waals surface area contributed by atoms with Crippen molar-refractivity contribution in [2.24, 2.45) is 13.0 Å². The van der Waals surface area contributed by atoms with Crippen LogP contribution in [-0.2, 0) is 13.5 Å². The fraction of sp³-hybridized carbons (Fsp3) is 0.800. The molecule has 2 rings (SSSR count). The highest BCUT2D eigenvalue weighted by molar-refractivity contribution is 5.03. The van der Waals surface area contributed by atoms with Crippen LogP contribution in [0.2, 0.25) is 0 Å². The second kappa shape index (κ2) is 6.66. The van der Waals surface area contributed by atoms with Gasteiger partial charge in [0.1, 0.15) is 0 Å². The zero-order valence-electron chi connectivity index (χ0n) is 12.4. The van der Waals surface area contributed by atoms with E-state index in [1.54, 1.807) is 4.68 Å². The third-order valence-electron chi connectivity index (χ3n) is 4.19. The summed E-state index contributed by atoms with van der Waals surface area (Å²) in [6.07, 6.45) is 5.11. The Balaban J connectivity index is 1.96. The molecule has 1 aliphatic rings. The van der Waals surface area contributed by atoms with Crippen LogP contribution in [-0.4, -0.2) is 28.3 Å². The van der Waals surface area contributed by atoms with Gasteiger partial charge in [-0.15, -0.1) is 0 Å². The second-order valence-electron chi connectivity index (χ2n) is 5.94. The van der Waals surface area contributed by atoms with Gasteiger partial charge in [-0.1, -0.05) is 6.92 Å². The van der Waals surface area contributed by atoms with Crippen molar-refractivity contribution in [3.05, 3.63) is 18.0 Å². The van der Waals surface area contributed by atoms with E-state index in [0.29, 0.717) is 18.8 Å². The van der Waals surface area contributed by atoms with Crippen molar-refractivity contribution in [1.82, 2.24) is 15.1 Å². The van der Waals surface area contributed by atoms with Gasteiger partial charge in [0.05, 0.1) is 5.69 Å². The summed E-state index contributed by atoms with van der Waals surface area (Å²) in [5.74, 6) is -2.11. The van der Waals surface area contributed by atoms with Crippen molar-refractivity contribution in [3.8, 4) is 0 Å². The molecule has 1 saturated carbocycles. The first-order chi connectivity index (χ1) is 9.50. The van der Waals surface area contributed by atoms with E-state index in [1.165, 1.54) is 0 Å². The average Bonchev–Trinajstić information content (AvgIpc) is 2.80. The Morgan fingerprint density at radius 2 is 2.15 bits per heavy atom. The van der Waals surface area contributed by atoms with Gasteiger partial charge in [-0.3, -0.25) is 4.68 Å². The van der Waals surface area contributed by atoms with Crippen molar-refractivity contribution < 1.29 is 8.78 Å². The molecule has 0 bridgehead atoms. The largest absolute Gasteiger partial charge is 0.313 e. The molecule has 0 radical (unpaired) electrons. The first-order valence-electron chi connectivity index (χ1n) is 7.60. The van der Waals surface area contributed by atoms with Gasteiger partial charge >= 0.3 is 0 Å². The molecule has 1 unspecified atom stereocenters. The minimum Gasteiger partial charge on any atom is -0.313 e. The van der Waals surface area contributed by atoms with E-state index in [4.69, 9.17) is 0 Å². The molecule has 0 aliphatic heterocycles. The maximum absolute atomic E-state index is 13.3. The molecule has 1 aromatic heterocycles. The van der Waals surface area contributed by atoms with Crippen LogP contribution in [0.1, 0.15) is 44.7 Å². The van der Waals surface area contributed by atoms with E-state index in [0.717, 1.165) is 25.1 Å². The molecule has 0 saturated heterocycles. The van der Waals surface area contributed by atoms with Crippen molar-refractivity contribution in [2.75, 3.05) is 6.54 Å². The maximum atomic E-state index is 13.3.